The van der Waals surface area contributed by atoms with Crippen molar-refractivity contribution in [2.24, 2.45) is 5.92 Å². The molecule has 1 amide bonds. The minimum Gasteiger partial charge on any atom is -0.381 e. The molecular formula is C13H17FN2O2. The first-order chi connectivity index (χ1) is 8.75. The number of rotatable bonds is 7. The Morgan fingerprint density at radius 2 is 2.39 bits per heavy atom. The van der Waals surface area contributed by atoms with Gasteiger partial charge in [-0.3, -0.25) is 4.79 Å². The van der Waals surface area contributed by atoms with Crippen LogP contribution in [0.3, 0.4) is 0 Å². The smallest absolute Gasteiger partial charge is 0.251 e. The molecule has 1 aliphatic rings. The number of carbonyl (C=O) groups is 1. The lowest BCUT2D eigenvalue weighted by atomic mass is 10.2. The number of nitrogens with zero attached hydrogens (tertiary/aromatic N) is 1. The van der Waals surface area contributed by atoms with Crippen LogP contribution in [0.25, 0.3) is 0 Å². The monoisotopic (exact) mass is 252 g/mol. The molecule has 0 bridgehead atoms. The van der Waals surface area contributed by atoms with E-state index < -0.39 is 5.95 Å². The van der Waals surface area contributed by atoms with Gasteiger partial charge < -0.3 is 10.1 Å². The maximum absolute atomic E-state index is 12.8. The van der Waals surface area contributed by atoms with Crippen LogP contribution in [0.5, 0.6) is 0 Å². The van der Waals surface area contributed by atoms with Gasteiger partial charge in [-0.05, 0) is 31.2 Å². The van der Waals surface area contributed by atoms with Crippen molar-refractivity contribution >= 4 is 5.91 Å². The SMILES string of the molecule is O=C(NCCCOCC1CC1)c1ccnc(F)c1. The van der Waals surface area contributed by atoms with Crippen LogP contribution in [0.15, 0.2) is 18.3 Å². The summed E-state index contributed by atoms with van der Waals surface area (Å²) in [5.41, 5.74) is 0.293. The van der Waals surface area contributed by atoms with Crippen LogP contribution in [0.2, 0.25) is 0 Å². The molecule has 0 aliphatic heterocycles. The summed E-state index contributed by atoms with van der Waals surface area (Å²) in [7, 11) is 0. The van der Waals surface area contributed by atoms with E-state index in [1.165, 1.54) is 25.1 Å². The van der Waals surface area contributed by atoms with Gasteiger partial charge in [-0.25, -0.2) is 4.98 Å². The highest BCUT2D eigenvalue weighted by Gasteiger charge is 2.20. The quantitative estimate of drug-likeness (QED) is 0.594. The number of carbonyl (C=O) groups excluding carboxylic acids is 1. The topological polar surface area (TPSA) is 51.2 Å². The molecule has 1 fully saturated rings. The summed E-state index contributed by atoms with van der Waals surface area (Å²) < 4.78 is 18.2. The Hall–Kier alpha value is -1.49. The van der Waals surface area contributed by atoms with Crippen LogP contribution in [0, 0.1) is 11.9 Å². The average molecular weight is 252 g/mol. The molecule has 5 heteroatoms. The Labute approximate surface area is 106 Å². The van der Waals surface area contributed by atoms with Crippen molar-refractivity contribution in [2.75, 3.05) is 19.8 Å². The van der Waals surface area contributed by atoms with E-state index in [-0.39, 0.29) is 5.91 Å². The Morgan fingerprint density at radius 1 is 1.56 bits per heavy atom. The van der Waals surface area contributed by atoms with Gasteiger partial charge in [0.1, 0.15) is 0 Å². The van der Waals surface area contributed by atoms with Crippen LogP contribution in [-0.4, -0.2) is 30.6 Å². The van der Waals surface area contributed by atoms with E-state index in [9.17, 15) is 9.18 Å². The van der Waals surface area contributed by atoms with Crippen LogP contribution in [-0.2, 0) is 4.74 Å². The van der Waals surface area contributed by atoms with E-state index in [0.717, 1.165) is 25.0 Å². The van der Waals surface area contributed by atoms with Crippen LogP contribution >= 0.6 is 0 Å². The van der Waals surface area contributed by atoms with Gasteiger partial charge in [0.25, 0.3) is 5.91 Å². The molecule has 1 aromatic rings. The second-order valence-corrected chi connectivity index (χ2v) is 4.49. The maximum atomic E-state index is 12.8. The molecule has 0 atom stereocenters. The Bertz CT molecular complexity index is 408. The molecule has 1 N–H and O–H groups in total. The predicted molar refractivity (Wildman–Crippen MR) is 64.7 cm³/mol. The molecule has 0 spiro atoms. The van der Waals surface area contributed by atoms with Crippen molar-refractivity contribution in [3.8, 4) is 0 Å². The zero-order valence-corrected chi connectivity index (χ0v) is 10.2. The van der Waals surface area contributed by atoms with Gasteiger partial charge in [0.2, 0.25) is 5.95 Å². The van der Waals surface area contributed by atoms with Gasteiger partial charge in [0.15, 0.2) is 0 Å². The third-order valence-electron chi connectivity index (χ3n) is 2.79. The van der Waals surface area contributed by atoms with E-state index >= 15 is 0 Å². The summed E-state index contributed by atoms with van der Waals surface area (Å²) in [5, 5.41) is 2.72. The molecule has 0 radical (unpaired) electrons. The predicted octanol–water partition coefficient (Wildman–Crippen LogP) is 1.77. The van der Waals surface area contributed by atoms with E-state index in [0.29, 0.717) is 18.7 Å². The first-order valence-electron chi connectivity index (χ1n) is 6.23. The zero-order chi connectivity index (χ0) is 12.8. The highest BCUT2D eigenvalue weighted by atomic mass is 19.1. The summed E-state index contributed by atoms with van der Waals surface area (Å²) in [6.45, 7) is 2.03. The number of aromatic nitrogens is 1. The van der Waals surface area contributed by atoms with Gasteiger partial charge in [0.05, 0.1) is 0 Å². The fraction of sp³-hybridized carbons (Fsp3) is 0.538. The Morgan fingerprint density at radius 3 is 3.11 bits per heavy atom. The van der Waals surface area contributed by atoms with Gasteiger partial charge in [0, 0.05) is 37.6 Å². The molecule has 1 saturated carbocycles. The summed E-state index contributed by atoms with van der Waals surface area (Å²) in [4.78, 5) is 15.0. The van der Waals surface area contributed by atoms with Crippen molar-refractivity contribution in [3.05, 3.63) is 29.8 Å². The molecule has 1 aliphatic carbocycles. The molecule has 98 valence electrons. The first kappa shape index (κ1) is 13.0. The number of hydrogen-bond acceptors (Lipinski definition) is 3. The zero-order valence-electron chi connectivity index (χ0n) is 10.2. The minimum absolute atomic E-state index is 0.279. The van der Waals surface area contributed by atoms with Crippen LogP contribution < -0.4 is 5.32 Å². The fourth-order valence-corrected chi connectivity index (χ4v) is 1.56. The van der Waals surface area contributed by atoms with Gasteiger partial charge in [-0.2, -0.15) is 4.39 Å². The number of amides is 1. The number of nitrogens with one attached hydrogen (secondary N) is 1. The lowest BCUT2D eigenvalue weighted by Gasteiger charge is -2.05. The van der Waals surface area contributed by atoms with E-state index in [4.69, 9.17) is 4.74 Å². The van der Waals surface area contributed by atoms with E-state index in [1.54, 1.807) is 0 Å². The summed E-state index contributed by atoms with van der Waals surface area (Å²) in [5.74, 6) is -0.159. The van der Waals surface area contributed by atoms with Crippen LogP contribution in [0.4, 0.5) is 4.39 Å². The summed E-state index contributed by atoms with van der Waals surface area (Å²) >= 11 is 0. The lowest BCUT2D eigenvalue weighted by molar-refractivity contribution is 0.0936. The fourth-order valence-electron chi connectivity index (χ4n) is 1.56. The molecule has 1 aromatic heterocycles. The minimum atomic E-state index is -0.643. The van der Waals surface area contributed by atoms with E-state index in [1.807, 2.05) is 0 Å². The molecule has 2 rings (SSSR count). The molecule has 0 aromatic carbocycles. The van der Waals surface area contributed by atoms with Gasteiger partial charge >= 0.3 is 0 Å². The number of hydrogen-bond donors (Lipinski definition) is 1. The maximum Gasteiger partial charge on any atom is 0.251 e. The van der Waals surface area contributed by atoms with Gasteiger partial charge in [-0.1, -0.05) is 0 Å². The number of pyridine rings is 1. The molecule has 1 heterocycles. The molecule has 0 unspecified atom stereocenters. The molecule has 0 saturated heterocycles. The lowest BCUT2D eigenvalue weighted by Crippen LogP contribution is -2.25. The first-order valence-corrected chi connectivity index (χ1v) is 6.23. The van der Waals surface area contributed by atoms with Crippen molar-refractivity contribution < 1.29 is 13.9 Å². The van der Waals surface area contributed by atoms with Crippen LogP contribution in [0.1, 0.15) is 29.6 Å². The van der Waals surface area contributed by atoms with Crippen molar-refractivity contribution in [1.82, 2.24) is 10.3 Å². The molecule has 18 heavy (non-hydrogen) atoms. The standard InChI is InChI=1S/C13H17FN2O2/c14-12-8-11(4-6-15-12)13(17)16-5-1-7-18-9-10-2-3-10/h4,6,8,10H,1-3,5,7,9H2,(H,16,17). The molecule has 4 nitrogen and oxygen atoms in total. The van der Waals surface area contributed by atoms with Crippen molar-refractivity contribution in [2.45, 2.75) is 19.3 Å². The van der Waals surface area contributed by atoms with Crippen molar-refractivity contribution in [1.29, 1.82) is 0 Å². The van der Waals surface area contributed by atoms with E-state index in [2.05, 4.69) is 10.3 Å². The molecular weight excluding hydrogens is 235 g/mol. The summed E-state index contributed by atoms with van der Waals surface area (Å²) in [6, 6.07) is 2.61. The second kappa shape index (κ2) is 6.44. The average Bonchev–Trinajstić information content (AvgIpc) is 3.17. The summed E-state index contributed by atoms with van der Waals surface area (Å²) in [6.07, 6.45) is 4.61. The highest BCUT2D eigenvalue weighted by molar-refractivity contribution is 5.93. The third kappa shape index (κ3) is 4.41. The highest BCUT2D eigenvalue weighted by Crippen LogP contribution is 2.28. The normalized spacial score (nSPS) is 14.5. The number of halogens is 1. The van der Waals surface area contributed by atoms with Gasteiger partial charge in [-0.15, -0.1) is 0 Å². The third-order valence-corrected chi connectivity index (χ3v) is 2.79. The Balaban J connectivity index is 1.59. The van der Waals surface area contributed by atoms with Crippen molar-refractivity contribution in [3.63, 3.8) is 0 Å². The Kier molecular flexibility index (Phi) is 4.64. The largest absolute Gasteiger partial charge is 0.381 e. The second-order valence-electron chi connectivity index (χ2n) is 4.49. The number of ether oxygens (including phenoxy) is 1.